The molecule has 0 saturated heterocycles. The van der Waals surface area contributed by atoms with Gasteiger partial charge in [0.05, 0.1) is 16.1 Å². The highest BCUT2D eigenvalue weighted by atomic mass is 16.6. The minimum absolute atomic E-state index is 0.0434. The molecule has 98 valence electrons. The Morgan fingerprint density at radius 1 is 1.39 bits per heavy atom. The number of carbonyl (C=O) groups excluding carboxylic acids is 1. The van der Waals surface area contributed by atoms with Gasteiger partial charge in [0.1, 0.15) is 0 Å². The summed E-state index contributed by atoms with van der Waals surface area (Å²) < 4.78 is 0. The molecular weight excluding hydrogens is 234 g/mol. The van der Waals surface area contributed by atoms with E-state index in [9.17, 15) is 14.9 Å². The average Bonchev–Trinajstić information content (AvgIpc) is 2.31. The van der Waals surface area contributed by atoms with Gasteiger partial charge in [0.25, 0.3) is 5.69 Å². The van der Waals surface area contributed by atoms with Crippen molar-refractivity contribution in [2.45, 2.75) is 26.3 Å². The molecule has 0 bridgehead atoms. The molecule has 0 aliphatic rings. The minimum Gasteiger partial charge on any atom is -0.324 e. The topological polar surface area (TPSA) is 84.3 Å². The van der Waals surface area contributed by atoms with Crippen molar-refractivity contribution < 1.29 is 9.72 Å². The Labute approximate surface area is 106 Å². The fraction of sp³-hybridized carbons (Fsp3) is 0.417. The predicted octanol–water partition coefficient (Wildman–Crippen LogP) is 1.84. The number of nitro benzene ring substituents is 1. The van der Waals surface area contributed by atoms with Gasteiger partial charge in [-0.2, -0.15) is 0 Å². The number of nitro groups is 1. The Balaban J connectivity index is 3.01. The molecule has 6 heteroatoms. The molecule has 0 heterocycles. The summed E-state index contributed by atoms with van der Waals surface area (Å²) in [5.74, 6) is -0.242. The summed E-state index contributed by atoms with van der Waals surface area (Å²) in [4.78, 5) is 22.2. The molecule has 0 aliphatic carbocycles. The van der Waals surface area contributed by atoms with E-state index in [2.05, 4.69) is 10.6 Å². The van der Waals surface area contributed by atoms with Crippen molar-refractivity contribution in [2.24, 2.45) is 0 Å². The first kappa shape index (κ1) is 14.1. The Hall–Kier alpha value is -1.95. The summed E-state index contributed by atoms with van der Waals surface area (Å²) in [6, 6.07) is 4.38. The predicted molar refractivity (Wildman–Crippen MR) is 69.6 cm³/mol. The largest absolute Gasteiger partial charge is 0.324 e. The molecule has 18 heavy (non-hydrogen) atoms. The lowest BCUT2D eigenvalue weighted by Gasteiger charge is -2.23. The van der Waals surface area contributed by atoms with Crippen LogP contribution in [0.5, 0.6) is 0 Å². The number of aryl methyl sites for hydroxylation is 1. The number of nitrogens with one attached hydrogen (secondary N) is 2. The molecule has 1 rings (SSSR count). The molecular formula is C12H17N3O3. The highest BCUT2D eigenvalue weighted by Gasteiger charge is 2.25. The van der Waals surface area contributed by atoms with E-state index in [4.69, 9.17) is 0 Å². The van der Waals surface area contributed by atoms with Gasteiger partial charge < -0.3 is 10.6 Å². The second-order valence-electron chi connectivity index (χ2n) is 4.59. The van der Waals surface area contributed by atoms with Crippen molar-refractivity contribution in [2.75, 3.05) is 12.4 Å². The van der Waals surface area contributed by atoms with Crippen LogP contribution in [0.2, 0.25) is 0 Å². The Bertz CT molecular complexity index is 483. The molecule has 2 N–H and O–H groups in total. The van der Waals surface area contributed by atoms with Gasteiger partial charge >= 0.3 is 0 Å². The smallest absolute Gasteiger partial charge is 0.271 e. The first-order valence-corrected chi connectivity index (χ1v) is 5.53. The Morgan fingerprint density at radius 2 is 2.00 bits per heavy atom. The van der Waals surface area contributed by atoms with E-state index in [-0.39, 0.29) is 11.6 Å². The van der Waals surface area contributed by atoms with Gasteiger partial charge in [-0.1, -0.05) is 6.07 Å². The minimum atomic E-state index is -0.739. The van der Waals surface area contributed by atoms with E-state index in [0.717, 1.165) is 5.56 Å². The van der Waals surface area contributed by atoms with Crippen molar-refractivity contribution >= 4 is 17.3 Å². The van der Waals surface area contributed by atoms with Crippen molar-refractivity contribution in [1.82, 2.24) is 5.32 Å². The number of amides is 1. The first-order chi connectivity index (χ1) is 8.27. The molecule has 1 amide bonds. The van der Waals surface area contributed by atoms with Crippen LogP contribution in [-0.2, 0) is 4.79 Å². The second kappa shape index (κ2) is 5.14. The Kier molecular flexibility index (Phi) is 4.03. The molecule has 0 aromatic heterocycles. The van der Waals surface area contributed by atoms with Gasteiger partial charge in [0, 0.05) is 12.1 Å². The highest BCUT2D eigenvalue weighted by molar-refractivity contribution is 5.98. The summed E-state index contributed by atoms with van der Waals surface area (Å²) in [5, 5.41) is 16.2. The zero-order chi connectivity index (χ0) is 13.9. The number of benzene rings is 1. The summed E-state index contributed by atoms with van der Waals surface area (Å²) in [5.41, 5.74) is 0.452. The van der Waals surface area contributed by atoms with Crippen molar-refractivity contribution in [1.29, 1.82) is 0 Å². The van der Waals surface area contributed by atoms with Crippen LogP contribution in [0.1, 0.15) is 19.4 Å². The quantitative estimate of drug-likeness (QED) is 0.631. The zero-order valence-corrected chi connectivity index (χ0v) is 10.9. The Morgan fingerprint density at radius 3 is 2.50 bits per heavy atom. The summed E-state index contributed by atoms with van der Waals surface area (Å²) in [6.45, 7) is 5.25. The van der Waals surface area contributed by atoms with E-state index < -0.39 is 10.5 Å². The van der Waals surface area contributed by atoms with Gasteiger partial charge in [-0.25, -0.2) is 0 Å². The standard InChI is InChI=1S/C12H17N3O3/c1-8-5-6-9(15(17)18)7-10(8)14-11(16)12(2,3)13-4/h5-7,13H,1-4H3,(H,14,16). The molecule has 6 nitrogen and oxygen atoms in total. The first-order valence-electron chi connectivity index (χ1n) is 5.53. The lowest BCUT2D eigenvalue weighted by molar-refractivity contribution is -0.384. The number of anilines is 1. The van der Waals surface area contributed by atoms with Crippen molar-refractivity contribution in [3.05, 3.63) is 33.9 Å². The molecule has 0 fully saturated rings. The lowest BCUT2D eigenvalue weighted by atomic mass is 10.0. The third-order valence-electron chi connectivity index (χ3n) is 2.87. The van der Waals surface area contributed by atoms with E-state index in [1.54, 1.807) is 33.9 Å². The number of rotatable bonds is 4. The number of nitrogens with zero attached hydrogens (tertiary/aromatic N) is 1. The van der Waals surface area contributed by atoms with Crippen LogP contribution < -0.4 is 10.6 Å². The van der Waals surface area contributed by atoms with Crippen LogP contribution in [0, 0.1) is 17.0 Å². The van der Waals surface area contributed by atoms with Crippen LogP contribution in [0.25, 0.3) is 0 Å². The van der Waals surface area contributed by atoms with Crippen molar-refractivity contribution in [3.63, 3.8) is 0 Å². The summed E-state index contributed by atoms with van der Waals surface area (Å²) in [6.07, 6.45) is 0. The number of carbonyl (C=O) groups is 1. The third kappa shape index (κ3) is 3.04. The van der Waals surface area contributed by atoms with E-state index >= 15 is 0 Å². The summed E-state index contributed by atoms with van der Waals surface area (Å²) >= 11 is 0. The van der Waals surface area contributed by atoms with Crippen LogP contribution in [0.3, 0.4) is 0 Å². The molecule has 0 radical (unpaired) electrons. The normalized spacial score (nSPS) is 11.1. The fourth-order valence-corrected chi connectivity index (χ4v) is 1.25. The molecule has 0 unspecified atom stereocenters. The number of hydrogen-bond acceptors (Lipinski definition) is 4. The van der Waals surface area contributed by atoms with Crippen LogP contribution in [-0.4, -0.2) is 23.4 Å². The van der Waals surface area contributed by atoms with Gasteiger partial charge in [-0.15, -0.1) is 0 Å². The zero-order valence-electron chi connectivity index (χ0n) is 10.9. The maximum atomic E-state index is 12.0. The SMILES string of the molecule is CNC(C)(C)C(=O)Nc1cc([N+](=O)[O-])ccc1C. The third-order valence-corrected chi connectivity index (χ3v) is 2.87. The average molecular weight is 251 g/mol. The van der Waals surface area contributed by atoms with E-state index in [0.29, 0.717) is 5.69 Å². The molecule has 0 aliphatic heterocycles. The van der Waals surface area contributed by atoms with Crippen LogP contribution in [0.15, 0.2) is 18.2 Å². The molecule has 1 aromatic rings. The number of likely N-dealkylation sites (N-methyl/N-ethyl adjacent to an activating group) is 1. The van der Waals surface area contributed by atoms with Gasteiger partial charge in [-0.05, 0) is 33.4 Å². The van der Waals surface area contributed by atoms with Crippen molar-refractivity contribution in [3.8, 4) is 0 Å². The van der Waals surface area contributed by atoms with Crippen LogP contribution >= 0.6 is 0 Å². The van der Waals surface area contributed by atoms with E-state index in [1.807, 2.05) is 0 Å². The maximum absolute atomic E-state index is 12.0. The summed E-state index contributed by atoms with van der Waals surface area (Å²) in [7, 11) is 1.68. The molecule has 0 saturated carbocycles. The molecule has 0 atom stereocenters. The maximum Gasteiger partial charge on any atom is 0.271 e. The van der Waals surface area contributed by atoms with Crippen LogP contribution in [0.4, 0.5) is 11.4 Å². The molecule has 0 spiro atoms. The second-order valence-corrected chi connectivity index (χ2v) is 4.59. The number of non-ortho nitro benzene ring substituents is 1. The van der Waals surface area contributed by atoms with E-state index in [1.165, 1.54) is 12.1 Å². The fourth-order valence-electron chi connectivity index (χ4n) is 1.25. The lowest BCUT2D eigenvalue weighted by Crippen LogP contribution is -2.48. The van der Waals surface area contributed by atoms with Gasteiger partial charge in [0.15, 0.2) is 0 Å². The number of hydrogen-bond donors (Lipinski definition) is 2. The molecule has 1 aromatic carbocycles. The van der Waals surface area contributed by atoms with Gasteiger partial charge in [-0.3, -0.25) is 14.9 Å². The van der Waals surface area contributed by atoms with Gasteiger partial charge in [0.2, 0.25) is 5.91 Å². The monoisotopic (exact) mass is 251 g/mol. The highest BCUT2D eigenvalue weighted by Crippen LogP contribution is 2.22.